The molecular weight excluding hydrogens is 308 g/mol. The smallest absolute Gasteiger partial charge is 0.252 e. The van der Waals surface area contributed by atoms with Crippen LogP contribution in [0.15, 0.2) is 24.3 Å². The Balaban J connectivity index is 1.92. The number of nitrogens with zero attached hydrogens (tertiary/aromatic N) is 1. The summed E-state index contributed by atoms with van der Waals surface area (Å²) in [6, 6.07) is 7.38. The molecule has 0 atom stereocenters. The second-order valence-corrected chi connectivity index (χ2v) is 5.12. The fraction of sp³-hybridized carbons (Fsp3) is 0.429. The highest BCUT2D eigenvalue weighted by Crippen LogP contribution is 2.12. The number of amides is 2. The Bertz CT molecular complexity index is 470. The average Bonchev–Trinajstić information content (AvgIpc) is 2.98. The number of hydrogen-bond donors (Lipinski definition) is 1. The van der Waals surface area contributed by atoms with E-state index in [0.717, 1.165) is 31.5 Å². The molecule has 4 nitrogen and oxygen atoms in total. The third-order valence-electron chi connectivity index (χ3n) is 3.26. The van der Waals surface area contributed by atoms with Gasteiger partial charge in [-0.2, -0.15) is 0 Å². The molecule has 1 aliphatic heterocycles. The fourth-order valence-corrected chi connectivity index (χ4v) is 2.68. The van der Waals surface area contributed by atoms with Gasteiger partial charge in [0.2, 0.25) is 5.91 Å². The van der Waals surface area contributed by atoms with Crippen molar-refractivity contribution in [3.63, 3.8) is 0 Å². The second-order valence-electron chi connectivity index (χ2n) is 4.56. The number of hydrogen-bond acceptors (Lipinski definition) is 2. The molecule has 1 fully saturated rings. The van der Waals surface area contributed by atoms with Crippen LogP contribution >= 0.6 is 15.9 Å². The second kappa shape index (κ2) is 6.70. The molecule has 1 saturated heterocycles. The molecule has 0 saturated carbocycles. The van der Waals surface area contributed by atoms with E-state index in [-0.39, 0.29) is 18.4 Å². The van der Waals surface area contributed by atoms with Crippen molar-refractivity contribution in [2.45, 2.75) is 18.2 Å². The zero-order valence-corrected chi connectivity index (χ0v) is 12.3. The molecule has 0 bridgehead atoms. The van der Waals surface area contributed by atoms with Crippen LogP contribution in [0.2, 0.25) is 0 Å². The molecule has 2 amide bonds. The first-order valence-corrected chi connectivity index (χ1v) is 7.54. The fourth-order valence-electron chi connectivity index (χ4n) is 2.19. The van der Waals surface area contributed by atoms with Crippen molar-refractivity contribution in [1.29, 1.82) is 0 Å². The summed E-state index contributed by atoms with van der Waals surface area (Å²) in [6.07, 6.45) is 2.12. The van der Waals surface area contributed by atoms with E-state index in [1.165, 1.54) is 0 Å². The van der Waals surface area contributed by atoms with Crippen molar-refractivity contribution in [2.24, 2.45) is 0 Å². The first-order valence-electron chi connectivity index (χ1n) is 6.42. The van der Waals surface area contributed by atoms with E-state index in [1.54, 1.807) is 11.0 Å². The number of likely N-dealkylation sites (tertiary alicyclic amines) is 1. The van der Waals surface area contributed by atoms with Gasteiger partial charge in [-0.05, 0) is 24.5 Å². The van der Waals surface area contributed by atoms with Crippen molar-refractivity contribution < 1.29 is 9.59 Å². The predicted octanol–water partition coefficient (Wildman–Crippen LogP) is 1.93. The molecule has 0 aliphatic carbocycles. The molecule has 1 heterocycles. The molecule has 0 aromatic heterocycles. The van der Waals surface area contributed by atoms with Gasteiger partial charge in [-0.3, -0.25) is 9.59 Å². The standard InChI is InChI=1S/C14H17BrN2O2/c15-9-11-5-1-2-6-12(11)14(19)16-10-13(18)17-7-3-4-8-17/h1-2,5-6H,3-4,7-10H2,(H,16,19). The maximum Gasteiger partial charge on any atom is 0.252 e. The van der Waals surface area contributed by atoms with Crippen molar-refractivity contribution in [2.75, 3.05) is 19.6 Å². The van der Waals surface area contributed by atoms with Crippen molar-refractivity contribution in [3.8, 4) is 0 Å². The number of benzene rings is 1. The molecule has 1 aromatic carbocycles. The van der Waals surface area contributed by atoms with Gasteiger partial charge < -0.3 is 10.2 Å². The maximum atomic E-state index is 12.0. The lowest BCUT2D eigenvalue weighted by Gasteiger charge is -2.15. The summed E-state index contributed by atoms with van der Waals surface area (Å²) < 4.78 is 0. The third kappa shape index (κ3) is 3.56. The minimum Gasteiger partial charge on any atom is -0.343 e. The Labute approximate surface area is 121 Å². The summed E-state index contributed by atoms with van der Waals surface area (Å²) in [6.45, 7) is 1.70. The Kier molecular flexibility index (Phi) is 4.96. The molecule has 0 spiro atoms. The highest BCUT2D eigenvalue weighted by molar-refractivity contribution is 9.08. The molecule has 2 rings (SSSR count). The van der Waals surface area contributed by atoms with Crippen LogP contribution in [0.3, 0.4) is 0 Å². The largest absolute Gasteiger partial charge is 0.343 e. The van der Waals surface area contributed by atoms with Gasteiger partial charge in [0.25, 0.3) is 5.91 Å². The van der Waals surface area contributed by atoms with Crippen LogP contribution in [0.1, 0.15) is 28.8 Å². The summed E-state index contributed by atoms with van der Waals surface area (Å²) in [7, 11) is 0. The molecule has 102 valence electrons. The summed E-state index contributed by atoms with van der Waals surface area (Å²) in [5.41, 5.74) is 1.54. The maximum absolute atomic E-state index is 12.0. The van der Waals surface area contributed by atoms with E-state index >= 15 is 0 Å². The lowest BCUT2D eigenvalue weighted by atomic mass is 10.1. The summed E-state index contributed by atoms with van der Waals surface area (Å²) >= 11 is 3.36. The molecule has 19 heavy (non-hydrogen) atoms. The minimum atomic E-state index is -0.192. The zero-order valence-electron chi connectivity index (χ0n) is 10.7. The monoisotopic (exact) mass is 324 g/mol. The van der Waals surface area contributed by atoms with Gasteiger partial charge in [0.15, 0.2) is 0 Å². The van der Waals surface area contributed by atoms with Crippen LogP contribution in [0.5, 0.6) is 0 Å². The van der Waals surface area contributed by atoms with Crippen LogP contribution < -0.4 is 5.32 Å². The van der Waals surface area contributed by atoms with Crippen molar-refractivity contribution in [3.05, 3.63) is 35.4 Å². The van der Waals surface area contributed by atoms with Gasteiger partial charge in [-0.1, -0.05) is 34.1 Å². The quantitative estimate of drug-likeness (QED) is 0.860. The number of alkyl halides is 1. The Morgan fingerprint density at radius 1 is 1.21 bits per heavy atom. The molecule has 0 radical (unpaired) electrons. The number of rotatable bonds is 4. The van der Waals surface area contributed by atoms with Gasteiger partial charge in [0.05, 0.1) is 6.54 Å². The molecule has 0 unspecified atom stereocenters. The third-order valence-corrected chi connectivity index (χ3v) is 3.87. The Morgan fingerprint density at radius 2 is 1.89 bits per heavy atom. The van der Waals surface area contributed by atoms with Gasteiger partial charge in [-0.25, -0.2) is 0 Å². The lowest BCUT2D eigenvalue weighted by molar-refractivity contribution is -0.129. The number of carbonyl (C=O) groups is 2. The summed E-state index contributed by atoms with van der Waals surface area (Å²) in [5.74, 6) is -0.190. The van der Waals surface area contributed by atoms with Crippen LogP contribution in [0.4, 0.5) is 0 Å². The van der Waals surface area contributed by atoms with E-state index in [1.807, 2.05) is 18.2 Å². The van der Waals surface area contributed by atoms with Crippen LogP contribution in [0.25, 0.3) is 0 Å². The number of carbonyl (C=O) groups excluding carboxylic acids is 2. The zero-order chi connectivity index (χ0) is 13.7. The Hall–Kier alpha value is -1.36. The highest BCUT2D eigenvalue weighted by Gasteiger charge is 2.18. The average molecular weight is 325 g/mol. The van der Waals surface area contributed by atoms with E-state index in [2.05, 4.69) is 21.2 Å². The van der Waals surface area contributed by atoms with Crippen LogP contribution in [0, 0.1) is 0 Å². The Morgan fingerprint density at radius 3 is 2.58 bits per heavy atom. The molecule has 5 heteroatoms. The number of nitrogens with one attached hydrogen (secondary N) is 1. The van der Waals surface area contributed by atoms with Gasteiger partial charge in [0.1, 0.15) is 0 Å². The van der Waals surface area contributed by atoms with Crippen molar-refractivity contribution in [1.82, 2.24) is 10.2 Å². The minimum absolute atomic E-state index is 0.00201. The van der Waals surface area contributed by atoms with E-state index in [0.29, 0.717) is 10.9 Å². The van der Waals surface area contributed by atoms with Gasteiger partial charge >= 0.3 is 0 Å². The predicted molar refractivity (Wildman–Crippen MR) is 77.2 cm³/mol. The topological polar surface area (TPSA) is 49.4 Å². The summed E-state index contributed by atoms with van der Waals surface area (Å²) in [5, 5.41) is 3.32. The van der Waals surface area contributed by atoms with Crippen LogP contribution in [-0.2, 0) is 10.1 Å². The van der Waals surface area contributed by atoms with Gasteiger partial charge in [-0.15, -0.1) is 0 Å². The van der Waals surface area contributed by atoms with Gasteiger partial charge in [0, 0.05) is 24.0 Å². The molecule has 1 aliphatic rings. The normalized spacial score (nSPS) is 14.5. The first kappa shape index (κ1) is 14.1. The van der Waals surface area contributed by atoms with E-state index in [4.69, 9.17) is 0 Å². The molecule has 1 N–H and O–H groups in total. The molecular formula is C14H17BrN2O2. The lowest BCUT2D eigenvalue weighted by Crippen LogP contribution is -2.38. The van der Waals surface area contributed by atoms with Crippen molar-refractivity contribution >= 4 is 27.7 Å². The van der Waals surface area contributed by atoms with E-state index in [9.17, 15) is 9.59 Å². The van der Waals surface area contributed by atoms with Crippen LogP contribution in [-0.4, -0.2) is 36.3 Å². The first-order chi connectivity index (χ1) is 9.22. The SMILES string of the molecule is O=C(NCC(=O)N1CCCC1)c1ccccc1CBr. The highest BCUT2D eigenvalue weighted by atomic mass is 79.9. The molecule has 1 aromatic rings. The van der Waals surface area contributed by atoms with E-state index < -0.39 is 0 Å². The number of halogens is 1. The summed E-state index contributed by atoms with van der Waals surface area (Å²) in [4.78, 5) is 25.7.